The van der Waals surface area contributed by atoms with Crippen LogP contribution < -0.4 is 5.32 Å². The van der Waals surface area contributed by atoms with Crippen molar-refractivity contribution in [2.24, 2.45) is 17.8 Å². The van der Waals surface area contributed by atoms with Crippen LogP contribution >= 0.6 is 0 Å². The molecule has 2 saturated carbocycles. The molecular weight excluding hydrogens is 228 g/mol. The summed E-state index contributed by atoms with van der Waals surface area (Å²) in [6.07, 6.45) is 8.50. The van der Waals surface area contributed by atoms with Crippen LogP contribution in [-0.2, 0) is 0 Å². The number of aromatic carboxylic acids is 1. The van der Waals surface area contributed by atoms with Crippen molar-refractivity contribution < 1.29 is 9.90 Å². The average Bonchev–Trinajstić information content (AvgIpc) is 2.98. The fraction of sp³-hybridized carbons (Fsp3) is 0.571. The molecule has 0 saturated heterocycles. The van der Waals surface area contributed by atoms with Gasteiger partial charge in [0.25, 0.3) is 0 Å². The van der Waals surface area contributed by atoms with E-state index in [-0.39, 0.29) is 5.56 Å². The molecule has 4 nitrogen and oxygen atoms in total. The quantitative estimate of drug-likeness (QED) is 0.857. The summed E-state index contributed by atoms with van der Waals surface area (Å²) >= 11 is 0. The van der Waals surface area contributed by atoms with E-state index in [1.165, 1.54) is 31.9 Å². The fourth-order valence-electron chi connectivity index (χ4n) is 3.59. The molecule has 0 radical (unpaired) electrons. The van der Waals surface area contributed by atoms with Crippen LogP contribution in [0.2, 0.25) is 0 Å². The molecule has 0 aromatic carbocycles. The minimum Gasteiger partial charge on any atom is -0.478 e. The van der Waals surface area contributed by atoms with Crippen molar-refractivity contribution in [3.8, 4) is 0 Å². The zero-order valence-electron chi connectivity index (χ0n) is 10.3. The molecule has 2 fully saturated rings. The van der Waals surface area contributed by atoms with Gasteiger partial charge in [-0.2, -0.15) is 0 Å². The lowest BCUT2D eigenvalue weighted by Gasteiger charge is -2.22. The molecule has 0 spiro atoms. The van der Waals surface area contributed by atoms with Crippen LogP contribution in [-0.4, -0.2) is 22.6 Å². The molecule has 2 bridgehead atoms. The third-order valence-electron chi connectivity index (χ3n) is 4.49. The summed E-state index contributed by atoms with van der Waals surface area (Å²) < 4.78 is 0. The number of nitrogens with one attached hydrogen (secondary N) is 1. The van der Waals surface area contributed by atoms with E-state index in [0.29, 0.717) is 5.69 Å². The Bertz CT molecular complexity index is 461. The summed E-state index contributed by atoms with van der Waals surface area (Å²) in [4.78, 5) is 14.9. The van der Waals surface area contributed by atoms with Crippen molar-refractivity contribution in [3.63, 3.8) is 0 Å². The number of fused-ring (bicyclic) bond motifs is 2. The number of pyridine rings is 1. The Balaban J connectivity index is 1.65. The van der Waals surface area contributed by atoms with Crippen LogP contribution in [0, 0.1) is 17.8 Å². The molecule has 1 heterocycles. The molecule has 18 heavy (non-hydrogen) atoms. The van der Waals surface area contributed by atoms with Gasteiger partial charge in [-0.1, -0.05) is 6.42 Å². The Morgan fingerprint density at radius 2 is 2.33 bits per heavy atom. The molecule has 3 unspecified atom stereocenters. The Labute approximate surface area is 106 Å². The fourth-order valence-corrected chi connectivity index (χ4v) is 3.59. The van der Waals surface area contributed by atoms with Crippen LogP contribution in [0.4, 0.5) is 5.69 Å². The molecule has 0 aliphatic heterocycles. The van der Waals surface area contributed by atoms with E-state index >= 15 is 0 Å². The van der Waals surface area contributed by atoms with Gasteiger partial charge in [-0.05, 0) is 43.1 Å². The second-order valence-electron chi connectivity index (χ2n) is 5.54. The topological polar surface area (TPSA) is 62.2 Å². The average molecular weight is 246 g/mol. The van der Waals surface area contributed by atoms with Crippen molar-refractivity contribution in [2.45, 2.75) is 25.7 Å². The third-order valence-corrected chi connectivity index (χ3v) is 4.49. The van der Waals surface area contributed by atoms with E-state index in [2.05, 4.69) is 10.3 Å². The van der Waals surface area contributed by atoms with Gasteiger partial charge in [0, 0.05) is 18.9 Å². The summed E-state index contributed by atoms with van der Waals surface area (Å²) in [7, 11) is 0. The first-order valence-corrected chi connectivity index (χ1v) is 6.65. The first-order valence-electron chi connectivity index (χ1n) is 6.65. The van der Waals surface area contributed by atoms with Crippen LogP contribution in [0.15, 0.2) is 18.5 Å². The van der Waals surface area contributed by atoms with Crippen LogP contribution in [0.3, 0.4) is 0 Å². The number of nitrogens with zero attached hydrogens (tertiary/aromatic N) is 1. The summed E-state index contributed by atoms with van der Waals surface area (Å²) in [5.74, 6) is 1.59. The number of rotatable bonds is 4. The highest BCUT2D eigenvalue weighted by atomic mass is 16.4. The lowest BCUT2D eigenvalue weighted by Crippen LogP contribution is -2.21. The summed E-state index contributed by atoms with van der Waals surface area (Å²) in [5.41, 5.74) is 0.959. The summed E-state index contributed by atoms with van der Waals surface area (Å²) in [6.45, 7) is 0.894. The van der Waals surface area contributed by atoms with Crippen molar-refractivity contribution in [1.29, 1.82) is 0 Å². The molecular formula is C14H18N2O2. The maximum atomic E-state index is 11.1. The largest absolute Gasteiger partial charge is 0.478 e. The molecule has 2 aliphatic rings. The molecule has 96 valence electrons. The number of carboxylic acid groups (broad SMARTS) is 1. The van der Waals surface area contributed by atoms with E-state index in [1.54, 1.807) is 12.3 Å². The van der Waals surface area contributed by atoms with Crippen molar-refractivity contribution >= 4 is 11.7 Å². The number of anilines is 1. The predicted octanol–water partition coefficient (Wildman–Crippen LogP) is 2.63. The van der Waals surface area contributed by atoms with Crippen LogP contribution in [0.25, 0.3) is 0 Å². The van der Waals surface area contributed by atoms with Crippen molar-refractivity contribution in [2.75, 3.05) is 11.9 Å². The van der Waals surface area contributed by atoms with Gasteiger partial charge >= 0.3 is 5.97 Å². The standard InChI is InChI=1S/C14H18N2O2/c17-14(18)12-8-15-4-3-13(12)16-7-11-6-9-1-2-10(11)5-9/h3-4,8-11H,1-2,5-7H2,(H,15,16)(H,17,18). The minimum atomic E-state index is -0.918. The smallest absolute Gasteiger partial charge is 0.339 e. The molecule has 2 aliphatic carbocycles. The zero-order chi connectivity index (χ0) is 12.5. The first-order chi connectivity index (χ1) is 8.74. The van der Waals surface area contributed by atoms with Gasteiger partial charge in [0.15, 0.2) is 0 Å². The Morgan fingerprint density at radius 3 is 3.00 bits per heavy atom. The molecule has 2 N–H and O–H groups in total. The van der Waals surface area contributed by atoms with E-state index < -0.39 is 5.97 Å². The van der Waals surface area contributed by atoms with Crippen molar-refractivity contribution in [3.05, 3.63) is 24.0 Å². The zero-order valence-corrected chi connectivity index (χ0v) is 10.3. The molecule has 1 aromatic heterocycles. The summed E-state index contributed by atoms with van der Waals surface area (Å²) in [5, 5.41) is 12.4. The van der Waals surface area contributed by atoms with Gasteiger partial charge in [0.05, 0.1) is 5.69 Å². The highest BCUT2D eigenvalue weighted by Gasteiger charge is 2.39. The number of aromatic nitrogens is 1. The molecule has 3 atom stereocenters. The van der Waals surface area contributed by atoms with E-state index in [4.69, 9.17) is 5.11 Å². The predicted molar refractivity (Wildman–Crippen MR) is 68.6 cm³/mol. The van der Waals surface area contributed by atoms with Gasteiger partial charge in [0.2, 0.25) is 0 Å². The minimum absolute atomic E-state index is 0.264. The van der Waals surface area contributed by atoms with Gasteiger partial charge in [0.1, 0.15) is 5.56 Å². The third kappa shape index (κ3) is 2.07. The first kappa shape index (κ1) is 11.5. The van der Waals surface area contributed by atoms with E-state index in [1.807, 2.05) is 0 Å². The Hall–Kier alpha value is -1.58. The van der Waals surface area contributed by atoms with Gasteiger partial charge in [-0.15, -0.1) is 0 Å². The maximum Gasteiger partial charge on any atom is 0.339 e. The molecule has 4 heteroatoms. The van der Waals surface area contributed by atoms with E-state index in [9.17, 15) is 4.79 Å². The Morgan fingerprint density at radius 1 is 1.44 bits per heavy atom. The van der Waals surface area contributed by atoms with Gasteiger partial charge < -0.3 is 10.4 Å². The molecule has 3 rings (SSSR count). The van der Waals surface area contributed by atoms with Gasteiger partial charge in [-0.25, -0.2) is 4.79 Å². The van der Waals surface area contributed by atoms with E-state index in [0.717, 1.165) is 24.3 Å². The van der Waals surface area contributed by atoms with Gasteiger partial charge in [-0.3, -0.25) is 4.98 Å². The summed E-state index contributed by atoms with van der Waals surface area (Å²) in [6, 6.07) is 1.75. The second kappa shape index (κ2) is 4.59. The van der Waals surface area contributed by atoms with Crippen LogP contribution in [0.5, 0.6) is 0 Å². The number of carboxylic acids is 1. The number of hydrogen-bond donors (Lipinski definition) is 2. The molecule has 1 aromatic rings. The number of hydrogen-bond acceptors (Lipinski definition) is 3. The number of carbonyl (C=O) groups is 1. The maximum absolute atomic E-state index is 11.1. The highest BCUT2D eigenvalue weighted by molar-refractivity contribution is 5.93. The molecule has 0 amide bonds. The lowest BCUT2D eigenvalue weighted by molar-refractivity contribution is 0.0697. The van der Waals surface area contributed by atoms with Crippen molar-refractivity contribution in [1.82, 2.24) is 4.98 Å². The monoisotopic (exact) mass is 246 g/mol. The lowest BCUT2D eigenvalue weighted by atomic mass is 9.89. The normalized spacial score (nSPS) is 29.4. The Kier molecular flexibility index (Phi) is 2.94. The second-order valence-corrected chi connectivity index (χ2v) is 5.54. The SMILES string of the molecule is O=C(O)c1cnccc1NCC1CC2CCC1C2. The van der Waals surface area contributed by atoms with Crippen LogP contribution in [0.1, 0.15) is 36.0 Å². The highest BCUT2D eigenvalue weighted by Crippen LogP contribution is 2.48.